The van der Waals surface area contributed by atoms with Gasteiger partial charge in [-0.15, -0.1) is 0 Å². The first-order chi connectivity index (χ1) is 10.5. The summed E-state index contributed by atoms with van der Waals surface area (Å²) in [5.41, 5.74) is 3.18. The maximum Gasteiger partial charge on any atom is 0.245 e. The van der Waals surface area contributed by atoms with Crippen molar-refractivity contribution in [1.82, 2.24) is 14.5 Å². The van der Waals surface area contributed by atoms with E-state index in [0.29, 0.717) is 20.4 Å². The molecule has 0 bridgehead atoms. The average Bonchev–Trinajstić information content (AvgIpc) is 2.72. The topological polar surface area (TPSA) is 25.8 Å². The molecule has 3 heterocycles. The number of halogens is 2. The molecule has 114 valence electrons. The lowest BCUT2D eigenvalue weighted by Crippen LogP contribution is -2.41. The van der Waals surface area contributed by atoms with Gasteiger partial charge >= 0.3 is 0 Å². The summed E-state index contributed by atoms with van der Waals surface area (Å²) >= 11 is 13.0. The molecular weight excluding hydrogens is 317 g/mol. The number of nitrogens with zero attached hydrogens (tertiary/aromatic N) is 3. The lowest BCUT2D eigenvalue weighted by molar-refractivity contribution is 0.424. The summed E-state index contributed by atoms with van der Waals surface area (Å²) in [6, 6.07) is 4.05. The number of rotatable bonds is 3. The number of hydrogen-bond donors (Lipinski definition) is 0. The molecule has 0 saturated carbocycles. The first kappa shape index (κ1) is 15.5. The highest BCUT2D eigenvalue weighted by Crippen LogP contribution is 2.50. The Balaban J connectivity index is 2.34. The van der Waals surface area contributed by atoms with Crippen LogP contribution < -0.4 is 4.48 Å². The van der Waals surface area contributed by atoms with Crippen LogP contribution in [0.5, 0.6) is 0 Å². The summed E-state index contributed by atoms with van der Waals surface area (Å²) in [5.74, 6) is 1.42. The molecule has 2 aromatic rings. The minimum atomic E-state index is 0.442. The highest BCUT2D eigenvalue weighted by Gasteiger charge is 2.44. The predicted molar refractivity (Wildman–Crippen MR) is 93.3 cm³/mol. The average molecular weight is 335 g/mol. The third kappa shape index (κ3) is 2.34. The van der Waals surface area contributed by atoms with Gasteiger partial charge in [0.15, 0.2) is 5.69 Å². The van der Waals surface area contributed by atoms with E-state index in [-0.39, 0.29) is 0 Å². The van der Waals surface area contributed by atoms with Crippen molar-refractivity contribution >= 4 is 40.3 Å². The lowest BCUT2D eigenvalue weighted by Gasteiger charge is -2.33. The maximum atomic E-state index is 6.48. The van der Waals surface area contributed by atoms with Crippen LogP contribution in [-0.2, 0) is 0 Å². The van der Waals surface area contributed by atoms with Gasteiger partial charge in [-0.05, 0) is 19.1 Å². The largest absolute Gasteiger partial charge is 0.261 e. The van der Waals surface area contributed by atoms with Gasteiger partial charge in [-0.1, -0.05) is 37.0 Å². The van der Waals surface area contributed by atoms with E-state index in [1.165, 1.54) is 5.57 Å². The summed E-state index contributed by atoms with van der Waals surface area (Å²) in [4.78, 5) is 8.74. The summed E-state index contributed by atoms with van der Waals surface area (Å²) in [7, 11) is 0. The smallest absolute Gasteiger partial charge is 0.245 e. The van der Waals surface area contributed by atoms with Crippen molar-refractivity contribution in [2.24, 2.45) is 5.92 Å². The van der Waals surface area contributed by atoms with Gasteiger partial charge in [-0.25, -0.2) is 9.47 Å². The van der Waals surface area contributed by atoms with Crippen molar-refractivity contribution < 1.29 is 0 Å². The molecule has 0 fully saturated rings. The third-order valence-corrected chi connectivity index (χ3v) is 4.44. The molecule has 1 aliphatic heterocycles. The molecule has 1 aliphatic rings. The van der Waals surface area contributed by atoms with Gasteiger partial charge in [0.1, 0.15) is 16.2 Å². The molecule has 3 nitrogen and oxygen atoms in total. The van der Waals surface area contributed by atoms with Crippen LogP contribution >= 0.6 is 23.2 Å². The number of fused-ring (bicyclic) bond motifs is 1. The van der Waals surface area contributed by atoms with E-state index in [2.05, 4.69) is 43.0 Å². The molecule has 0 aliphatic carbocycles. The molecule has 0 spiro atoms. The Hall–Kier alpha value is -1.42. The molecule has 0 amide bonds. The fraction of sp³-hybridized carbons (Fsp3) is 0.294. The van der Waals surface area contributed by atoms with Crippen LogP contribution in [0.2, 0.25) is 10.0 Å². The molecule has 0 radical (unpaired) electrons. The van der Waals surface area contributed by atoms with Gasteiger partial charge in [-0.2, -0.15) is 0 Å². The summed E-state index contributed by atoms with van der Waals surface area (Å²) in [6.45, 7) is 7.31. The minimum absolute atomic E-state index is 0.442. The monoisotopic (exact) mass is 334 g/mol. The number of hydrogen-bond acceptors (Lipinski definition) is 2. The van der Waals surface area contributed by atoms with Crippen molar-refractivity contribution in [2.75, 3.05) is 6.54 Å². The Bertz CT molecular complexity index is 735. The Morgan fingerprint density at radius 3 is 2.50 bits per heavy atom. The van der Waals surface area contributed by atoms with Crippen LogP contribution in [0.15, 0.2) is 36.9 Å². The normalized spacial score (nSPS) is 20.2. The number of aromatic nitrogens is 2. The molecular formula is C17H18Cl2N3+. The highest BCUT2D eigenvalue weighted by molar-refractivity contribution is 6.39. The Morgan fingerprint density at radius 1 is 1.18 bits per heavy atom. The quantitative estimate of drug-likeness (QED) is 0.697. The Morgan fingerprint density at radius 2 is 1.86 bits per heavy atom. The van der Waals surface area contributed by atoms with E-state index < -0.39 is 0 Å². The van der Waals surface area contributed by atoms with Crippen molar-refractivity contribution in [3.05, 3.63) is 52.5 Å². The number of pyridine rings is 2. The van der Waals surface area contributed by atoms with Crippen molar-refractivity contribution in [3.8, 4) is 0 Å². The van der Waals surface area contributed by atoms with E-state index in [9.17, 15) is 0 Å². The first-order valence-corrected chi connectivity index (χ1v) is 8.04. The van der Waals surface area contributed by atoms with Crippen molar-refractivity contribution in [2.45, 2.75) is 20.8 Å². The van der Waals surface area contributed by atoms with Gasteiger partial charge in [-0.3, -0.25) is 4.98 Å². The van der Waals surface area contributed by atoms with Crippen LogP contribution in [0, 0.1) is 5.92 Å². The molecule has 22 heavy (non-hydrogen) atoms. The second-order valence-electron chi connectivity index (χ2n) is 6.08. The molecule has 0 aromatic carbocycles. The molecule has 1 atom stereocenters. The van der Waals surface area contributed by atoms with Crippen LogP contribution in [0.25, 0.3) is 5.57 Å². The molecule has 0 N–H and O–H groups in total. The molecule has 3 rings (SSSR count). The second kappa shape index (κ2) is 5.65. The number of allylic oxidation sites excluding steroid dienone is 1. The van der Waals surface area contributed by atoms with Gasteiger partial charge in [0.25, 0.3) is 0 Å². The molecule has 5 heteroatoms. The maximum absolute atomic E-state index is 6.48. The Labute approximate surface area is 140 Å². The first-order valence-electron chi connectivity index (χ1n) is 7.28. The zero-order valence-corrected chi connectivity index (χ0v) is 14.4. The zero-order valence-electron chi connectivity index (χ0n) is 12.8. The van der Waals surface area contributed by atoms with E-state index in [0.717, 1.165) is 23.6 Å². The van der Waals surface area contributed by atoms with E-state index in [4.69, 9.17) is 23.2 Å². The second-order valence-corrected chi connectivity index (χ2v) is 6.90. The standard InChI is InChI=1S/C17H18Cl2N3/c1-11(2)9-22(16-14(18)7-20-8-15(16)19)10-12(3)13-5-4-6-21-17(13)22/h4-8,10-11H,9H2,1-3H3/q+1. The third-order valence-electron chi connectivity index (χ3n) is 3.88. The van der Waals surface area contributed by atoms with Gasteiger partial charge in [0, 0.05) is 17.7 Å². The highest BCUT2D eigenvalue weighted by atomic mass is 35.5. The van der Waals surface area contributed by atoms with Gasteiger partial charge in [0.05, 0.1) is 24.5 Å². The minimum Gasteiger partial charge on any atom is -0.261 e. The number of quaternary nitrogens is 1. The van der Waals surface area contributed by atoms with Crippen molar-refractivity contribution in [3.63, 3.8) is 0 Å². The summed E-state index contributed by atoms with van der Waals surface area (Å²) < 4.78 is 0.444. The van der Waals surface area contributed by atoms with E-state index >= 15 is 0 Å². The lowest BCUT2D eigenvalue weighted by atomic mass is 10.1. The molecule has 2 aromatic heterocycles. The fourth-order valence-electron chi connectivity index (χ4n) is 3.25. The van der Waals surface area contributed by atoms with Crippen LogP contribution in [0.3, 0.4) is 0 Å². The molecule has 0 saturated heterocycles. The van der Waals surface area contributed by atoms with E-state index in [1.54, 1.807) is 12.4 Å². The van der Waals surface area contributed by atoms with Crippen LogP contribution in [0.1, 0.15) is 26.3 Å². The molecule has 1 unspecified atom stereocenters. The van der Waals surface area contributed by atoms with E-state index in [1.807, 2.05) is 12.3 Å². The zero-order chi connectivity index (χ0) is 15.9. The SMILES string of the molecule is CC1=C[N+](CC(C)C)(c2c(Cl)cncc2Cl)c2ncccc21. The van der Waals surface area contributed by atoms with Crippen LogP contribution in [-0.4, -0.2) is 16.5 Å². The predicted octanol–water partition coefficient (Wildman–Crippen LogP) is 5.45. The summed E-state index contributed by atoms with van der Waals surface area (Å²) in [6.07, 6.45) is 7.31. The van der Waals surface area contributed by atoms with Gasteiger partial charge in [0.2, 0.25) is 5.82 Å². The summed E-state index contributed by atoms with van der Waals surface area (Å²) in [5, 5.41) is 1.13. The van der Waals surface area contributed by atoms with Gasteiger partial charge < -0.3 is 0 Å². The Kier molecular flexibility index (Phi) is 3.98. The van der Waals surface area contributed by atoms with Crippen molar-refractivity contribution in [1.29, 1.82) is 0 Å². The van der Waals surface area contributed by atoms with Crippen LogP contribution in [0.4, 0.5) is 11.5 Å². The fourth-order valence-corrected chi connectivity index (χ4v) is 3.91.